The fourth-order valence-corrected chi connectivity index (χ4v) is 2.35. The van der Waals surface area contributed by atoms with E-state index in [1.54, 1.807) is 0 Å². The highest BCUT2D eigenvalue weighted by Gasteiger charge is 2.24. The van der Waals surface area contributed by atoms with Crippen molar-refractivity contribution in [3.8, 4) is 0 Å². The molecule has 0 aromatic carbocycles. The molecule has 0 aromatic rings. The van der Waals surface area contributed by atoms with Gasteiger partial charge in [-0.1, -0.05) is 60.8 Å². The molecule has 1 unspecified atom stereocenters. The zero-order valence-corrected chi connectivity index (χ0v) is 12.8. The number of hydrogen-bond donors (Lipinski definition) is 0. The molecule has 1 atom stereocenters. The smallest absolute Gasteiger partial charge is 0.00191 e. The molecule has 1 fully saturated rings. The molecule has 1 saturated heterocycles. The normalized spacial score (nSPS) is 17.4. The van der Waals surface area contributed by atoms with Gasteiger partial charge in [0.05, 0.1) is 0 Å². The highest BCUT2D eigenvalue weighted by atomic mass is 15.2. The van der Waals surface area contributed by atoms with Gasteiger partial charge in [0.25, 0.3) is 0 Å². The minimum Gasteiger partial charge on any atom is -0.306 e. The number of nitrogens with zero attached hydrogens (tertiary/aromatic N) is 1. The third-order valence-corrected chi connectivity index (χ3v) is 3.08. The molecule has 1 heterocycles. The van der Waals surface area contributed by atoms with Gasteiger partial charge in [-0.25, -0.2) is 0 Å². The second-order valence-corrected chi connectivity index (χ2v) is 4.39. The molecule has 0 amide bonds. The molecule has 0 bridgehead atoms. The van der Waals surface area contributed by atoms with Gasteiger partial charge in [0.1, 0.15) is 0 Å². The number of likely N-dealkylation sites (tertiary alicyclic amines) is 1. The van der Waals surface area contributed by atoms with Crippen LogP contribution in [0.3, 0.4) is 0 Å². The fraction of sp³-hybridized carbons (Fsp3) is 1.00. The van der Waals surface area contributed by atoms with Crippen molar-refractivity contribution in [3.63, 3.8) is 0 Å². The zero-order chi connectivity index (χ0) is 13.0. The van der Waals surface area contributed by atoms with E-state index >= 15 is 0 Å². The van der Waals surface area contributed by atoms with Crippen LogP contribution in [-0.2, 0) is 0 Å². The summed E-state index contributed by atoms with van der Waals surface area (Å²) in [4.78, 5) is 2.42. The Balaban J connectivity index is 0. The summed E-state index contributed by atoms with van der Waals surface area (Å²) in [6.45, 7) is 15.3. The predicted molar refractivity (Wildman–Crippen MR) is 77.0 cm³/mol. The third-order valence-electron chi connectivity index (χ3n) is 3.08. The first-order chi connectivity index (χ1) is 7.76. The maximum Gasteiger partial charge on any atom is 0.00191 e. The second-order valence-electron chi connectivity index (χ2n) is 4.39. The van der Waals surface area contributed by atoms with Gasteiger partial charge < -0.3 is 4.90 Å². The van der Waals surface area contributed by atoms with Gasteiger partial charge in [-0.3, -0.25) is 0 Å². The van der Waals surface area contributed by atoms with E-state index in [1.165, 1.54) is 38.8 Å². The van der Waals surface area contributed by atoms with Gasteiger partial charge in [-0.05, 0) is 25.3 Å². The molecule has 0 aliphatic carbocycles. The molecule has 0 N–H and O–H groups in total. The van der Waals surface area contributed by atoms with Crippen LogP contribution in [0, 0.1) is 11.8 Å². The Kier molecular flexibility index (Phi) is 14.9. The zero-order valence-electron chi connectivity index (χ0n) is 12.8. The summed E-state index contributed by atoms with van der Waals surface area (Å²) in [5.74, 6) is 2.03. The van der Waals surface area contributed by atoms with Gasteiger partial charge in [0, 0.05) is 13.1 Å². The highest BCUT2D eigenvalue weighted by molar-refractivity contribution is 4.78. The van der Waals surface area contributed by atoms with Crippen molar-refractivity contribution in [2.24, 2.45) is 11.8 Å². The molecule has 100 valence electrons. The van der Waals surface area contributed by atoms with Gasteiger partial charge in [-0.15, -0.1) is 0 Å². The average Bonchev–Trinajstić information content (AvgIpc) is 2.31. The lowest BCUT2D eigenvalue weighted by Gasteiger charge is -2.38. The third kappa shape index (κ3) is 8.15. The van der Waals surface area contributed by atoms with Crippen molar-refractivity contribution in [1.29, 1.82) is 0 Å². The lowest BCUT2D eigenvalue weighted by molar-refractivity contribution is 0.108. The quantitative estimate of drug-likeness (QED) is 0.653. The Morgan fingerprint density at radius 2 is 1.56 bits per heavy atom. The number of rotatable bonds is 5. The summed E-state index contributed by atoms with van der Waals surface area (Å²) in [5.41, 5.74) is 0. The molecule has 1 nitrogen and oxygen atoms in total. The van der Waals surface area contributed by atoms with Crippen molar-refractivity contribution < 1.29 is 0 Å². The largest absolute Gasteiger partial charge is 0.306 e. The van der Waals surface area contributed by atoms with E-state index < -0.39 is 0 Å². The van der Waals surface area contributed by atoms with E-state index in [2.05, 4.69) is 25.8 Å². The van der Waals surface area contributed by atoms with Crippen molar-refractivity contribution in [1.82, 2.24) is 4.90 Å². The second kappa shape index (κ2) is 13.0. The van der Waals surface area contributed by atoms with Crippen LogP contribution < -0.4 is 0 Å². The van der Waals surface area contributed by atoms with Crippen LogP contribution in [0.15, 0.2) is 0 Å². The van der Waals surface area contributed by atoms with Crippen LogP contribution >= 0.6 is 0 Å². The van der Waals surface area contributed by atoms with Crippen molar-refractivity contribution in [2.45, 2.75) is 67.2 Å². The SMILES string of the molecule is CC.CC.CCCC(CC)CC1CN(C)C1. The van der Waals surface area contributed by atoms with Crippen molar-refractivity contribution in [3.05, 3.63) is 0 Å². The first-order valence-electron chi connectivity index (χ1n) is 7.44. The summed E-state index contributed by atoms with van der Waals surface area (Å²) in [6.07, 6.45) is 5.67. The van der Waals surface area contributed by atoms with Crippen LogP contribution in [0.2, 0.25) is 0 Å². The van der Waals surface area contributed by atoms with Crippen LogP contribution in [0.5, 0.6) is 0 Å². The lowest BCUT2D eigenvalue weighted by Crippen LogP contribution is -2.44. The summed E-state index contributed by atoms with van der Waals surface area (Å²) >= 11 is 0. The van der Waals surface area contributed by atoms with E-state index in [-0.39, 0.29) is 0 Å². The molecular weight excluding hydrogens is 194 g/mol. The lowest BCUT2D eigenvalue weighted by atomic mass is 9.85. The monoisotopic (exact) mass is 229 g/mol. The maximum atomic E-state index is 2.42. The Morgan fingerprint density at radius 3 is 1.88 bits per heavy atom. The minimum atomic E-state index is 1.01. The Bertz CT molecular complexity index is 117. The molecule has 0 saturated carbocycles. The molecule has 0 spiro atoms. The molecule has 1 heteroatoms. The van der Waals surface area contributed by atoms with Crippen LogP contribution in [0.25, 0.3) is 0 Å². The topological polar surface area (TPSA) is 3.24 Å². The van der Waals surface area contributed by atoms with E-state index in [4.69, 9.17) is 0 Å². The van der Waals surface area contributed by atoms with Gasteiger partial charge in [0.2, 0.25) is 0 Å². The van der Waals surface area contributed by atoms with Gasteiger partial charge in [0.15, 0.2) is 0 Å². The molecule has 1 rings (SSSR count). The highest BCUT2D eigenvalue weighted by Crippen LogP contribution is 2.26. The summed E-state index contributed by atoms with van der Waals surface area (Å²) in [7, 11) is 2.22. The van der Waals surface area contributed by atoms with E-state index in [0.29, 0.717) is 0 Å². The van der Waals surface area contributed by atoms with Crippen LogP contribution in [-0.4, -0.2) is 25.0 Å². The molecule has 0 radical (unpaired) electrons. The first kappa shape index (κ1) is 18.3. The first-order valence-corrected chi connectivity index (χ1v) is 7.44. The standard InChI is InChI=1S/C11H23N.2C2H6/c1-4-6-10(5-2)7-11-8-12(3)9-11;2*1-2/h10-11H,4-9H2,1-3H3;2*1-2H3. The van der Waals surface area contributed by atoms with E-state index in [9.17, 15) is 0 Å². The molecular formula is C15H35N. The van der Waals surface area contributed by atoms with Crippen LogP contribution in [0.1, 0.15) is 67.2 Å². The average molecular weight is 229 g/mol. The van der Waals surface area contributed by atoms with E-state index in [1.807, 2.05) is 27.7 Å². The molecule has 0 aromatic heterocycles. The Morgan fingerprint density at radius 1 is 1.06 bits per heavy atom. The van der Waals surface area contributed by atoms with Gasteiger partial charge in [-0.2, -0.15) is 0 Å². The summed E-state index contributed by atoms with van der Waals surface area (Å²) in [6, 6.07) is 0. The minimum absolute atomic E-state index is 1.01. The number of hydrogen-bond acceptors (Lipinski definition) is 1. The fourth-order valence-electron chi connectivity index (χ4n) is 2.35. The summed E-state index contributed by atoms with van der Waals surface area (Å²) in [5, 5.41) is 0. The predicted octanol–water partition coefficient (Wildman–Crippen LogP) is 4.82. The Labute approximate surface area is 105 Å². The Hall–Kier alpha value is -0.0400. The van der Waals surface area contributed by atoms with Crippen molar-refractivity contribution in [2.75, 3.05) is 20.1 Å². The van der Waals surface area contributed by atoms with E-state index in [0.717, 1.165) is 11.8 Å². The van der Waals surface area contributed by atoms with Crippen LogP contribution in [0.4, 0.5) is 0 Å². The molecule has 1 aliphatic rings. The molecule has 1 aliphatic heterocycles. The van der Waals surface area contributed by atoms with Crippen molar-refractivity contribution >= 4 is 0 Å². The maximum absolute atomic E-state index is 2.42. The summed E-state index contributed by atoms with van der Waals surface area (Å²) < 4.78 is 0. The molecule has 16 heavy (non-hydrogen) atoms. The van der Waals surface area contributed by atoms with Gasteiger partial charge >= 0.3 is 0 Å².